The van der Waals surface area contributed by atoms with Crippen molar-refractivity contribution in [2.45, 2.75) is 19.8 Å². The second kappa shape index (κ2) is 9.77. The highest BCUT2D eigenvalue weighted by Gasteiger charge is 2.21. The van der Waals surface area contributed by atoms with Gasteiger partial charge in [0.15, 0.2) is 0 Å². The summed E-state index contributed by atoms with van der Waals surface area (Å²) in [5.41, 5.74) is 7.56. The van der Waals surface area contributed by atoms with Gasteiger partial charge in [0.05, 0.1) is 17.9 Å². The molecule has 0 spiro atoms. The van der Waals surface area contributed by atoms with Crippen LogP contribution in [0, 0.1) is 12.7 Å². The van der Waals surface area contributed by atoms with E-state index in [9.17, 15) is 13.2 Å². The van der Waals surface area contributed by atoms with Gasteiger partial charge in [-0.3, -0.25) is 10.1 Å². The number of nitrogen functional groups attached to an aromatic ring is 1. The smallest absolute Gasteiger partial charge is 0.280 e. The van der Waals surface area contributed by atoms with E-state index in [-0.39, 0.29) is 17.5 Å². The number of pyridine rings is 1. The maximum atomic E-state index is 13.4. The van der Waals surface area contributed by atoms with Crippen LogP contribution in [-0.2, 0) is 0 Å². The Bertz CT molecular complexity index is 1020. The normalized spacial score (nSPS) is 11.1. The third-order valence-electron chi connectivity index (χ3n) is 4.14. The van der Waals surface area contributed by atoms with E-state index in [1.807, 2.05) is 0 Å². The van der Waals surface area contributed by atoms with Crippen molar-refractivity contribution in [1.82, 2.24) is 15.0 Å². The minimum Gasteiger partial charge on any atom is -0.477 e. The lowest BCUT2D eigenvalue weighted by atomic mass is 9.99. The summed E-state index contributed by atoms with van der Waals surface area (Å²) in [6.07, 6.45) is -2.10. The number of benzene rings is 1. The van der Waals surface area contributed by atoms with Gasteiger partial charge in [-0.05, 0) is 55.3 Å². The number of nitrogens with zero attached hydrogens (tertiary/aromatic N) is 3. The fourth-order valence-electron chi connectivity index (χ4n) is 2.90. The molecule has 0 saturated heterocycles. The first-order valence-electron chi connectivity index (χ1n) is 9.04. The Labute approximate surface area is 176 Å². The predicted octanol–water partition coefficient (Wildman–Crippen LogP) is 4.55. The number of aryl methyl sites for hydroxylation is 1. The highest BCUT2D eigenvalue weighted by atomic mass is 32.2. The van der Waals surface area contributed by atoms with Gasteiger partial charge in [-0.1, -0.05) is 11.9 Å². The van der Waals surface area contributed by atoms with Crippen molar-refractivity contribution >= 4 is 17.9 Å². The Morgan fingerprint density at radius 2 is 1.80 bits per heavy atom. The summed E-state index contributed by atoms with van der Waals surface area (Å²) in [7, 11) is 0. The summed E-state index contributed by atoms with van der Waals surface area (Å²) in [4.78, 5) is 12.4. The number of aromatic nitrogens is 3. The molecule has 4 N–H and O–H groups in total. The van der Waals surface area contributed by atoms with Crippen molar-refractivity contribution in [1.29, 1.82) is 0 Å². The van der Waals surface area contributed by atoms with Gasteiger partial charge in [0.25, 0.3) is 6.43 Å². The van der Waals surface area contributed by atoms with E-state index >= 15 is 0 Å². The zero-order chi connectivity index (χ0) is 21.7. The highest BCUT2D eigenvalue weighted by Crippen LogP contribution is 2.39. The Morgan fingerprint density at radius 3 is 2.47 bits per heavy atom. The molecule has 0 aliphatic rings. The summed E-state index contributed by atoms with van der Waals surface area (Å²) in [5.74, 6) is 0.346. The lowest BCUT2D eigenvalue weighted by molar-refractivity contribution is 0.146. The van der Waals surface area contributed by atoms with Crippen LogP contribution < -0.4 is 15.6 Å². The molecule has 0 atom stereocenters. The third kappa shape index (κ3) is 5.19. The van der Waals surface area contributed by atoms with Crippen molar-refractivity contribution in [3.05, 3.63) is 53.6 Å². The standard InChI is InChI=1S/C20H20F3N5OS/c1-11-9-13(10-15(26-11)18(22)23)16-17(12-3-5-14(21)6-4-12)27-20(24)28-19(16)29-7-2-8-30-25/h3-6,9-10,18H,2,7-8,25H2,1H3,(H2,24,27,28). The summed E-state index contributed by atoms with van der Waals surface area (Å²) < 4.78 is 46.0. The zero-order valence-corrected chi connectivity index (χ0v) is 16.9. The lowest BCUT2D eigenvalue weighted by Gasteiger charge is -2.16. The van der Waals surface area contributed by atoms with E-state index in [2.05, 4.69) is 15.0 Å². The molecule has 6 nitrogen and oxygen atoms in total. The number of hydrogen-bond donors (Lipinski definition) is 2. The summed E-state index contributed by atoms with van der Waals surface area (Å²) in [6.45, 7) is 1.91. The van der Waals surface area contributed by atoms with Crippen LogP contribution in [0.1, 0.15) is 24.2 Å². The predicted molar refractivity (Wildman–Crippen MR) is 112 cm³/mol. The molecule has 2 heterocycles. The van der Waals surface area contributed by atoms with Gasteiger partial charge in [-0.2, -0.15) is 4.98 Å². The van der Waals surface area contributed by atoms with Crippen LogP contribution >= 0.6 is 11.9 Å². The molecule has 0 aliphatic heterocycles. The Kier molecular flexibility index (Phi) is 7.11. The van der Waals surface area contributed by atoms with Crippen LogP contribution in [0.4, 0.5) is 19.1 Å². The number of anilines is 1. The first kappa shape index (κ1) is 21.8. The monoisotopic (exact) mass is 435 g/mol. The molecule has 0 unspecified atom stereocenters. The number of alkyl halides is 2. The summed E-state index contributed by atoms with van der Waals surface area (Å²) >= 11 is 1.18. The van der Waals surface area contributed by atoms with E-state index in [0.29, 0.717) is 46.9 Å². The molecule has 0 bridgehead atoms. The molecule has 0 aliphatic carbocycles. The van der Waals surface area contributed by atoms with Crippen LogP contribution in [0.25, 0.3) is 22.4 Å². The van der Waals surface area contributed by atoms with Crippen molar-refractivity contribution < 1.29 is 17.9 Å². The fraction of sp³-hybridized carbons (Fsp3) is 0.250. The van der Waals surface area contributed by atoms with Crippen LogP contribution in [-0.4, -0.2) is 27.3 Å². The largest absolute Gasteiger partial charge is 0.477 e. The Hall–Kier alpha value is -2.85. The molecular formula is C20H20F3N5OS. The van der Waals surface area contributed by atoms with Crippen LogP contribution in [0.15, 0.2) is 36.4 Å². The average molecular weight is 435 g/mol. The van der Waals surface area contributed by atoms with Gasteiger partial charge >= 0.3 is 0 Å². The minimum absolute atomic E-state index is 0.0545. The van der Waals surface area contributed by atoms with Crippen molar-refractivity contribution in [2.24, 2.45) is 5.14 Å². The fourth-order valence-corrected chi connectivity index (χ4v) is 3.18. The van der Waals surface area contributed by atoms with Crippen molar-refractivity contribution in [3.63, 3.8) is 0 Å². The van der Waals surface area contributed by atoms with Gasteiger partial charge in [-0.15, -0.1) is 0 Å². The SMILES string of the molecule is Cc1cc(-c2c(OCCCSN)nc(N)nc2-c2ccc(F)cc2)cc(C(F)F)n1. The van der Waals surface area contributed by atoms with E-state index in [1.54, 1.807) is 13.0 Å². The van der Waals surface area contributed by atoms with E-state index in [0.717, 1.165) is 0 Å². The van der Waals surface area contributed by atoms with Crippen LogP contribution in [0.5, 0.6) is 5.88 Å². The third-order valence-corrected chi connectivity index (χ3v) is 4.67. The molecule has 1 aromatic carbocycles. The summed E-state index contributed by atoms with van der Waals surface area (Å²) in [6, 6.07) is 8.51. The molecule has 0 fully saturated rings. The first-order valence-corrected chi connectivity index (χ1v) is 10.1. The van der Waals surface area contributed by atoms with Gasteiger partial charge in [-0.25, -0.2) is 18.2 Å². The Balaban J connectivity index is 2.20. The number of rotatable bonds is 8. The number of halogens is 3. The molecule has 3 aromatic rings. The second-order valence-electron chi connectivity index (χ2n) is 6.41. The molecule has 10 heteroatoms. The van der Waals surface area contributed by atoms with Gasteiger partial charge < -0.3 is 10.5 Å². The lowest BCUT2D eigenvalue weighted by Crippen LogP contribution is -2.08. The van der Waals surface area contributed by atoms with E-state index in [4.69, 9.17) is 15.6 Å². The Morgan fingerprint density at radius 1 is 1.07 bits per heavy atom. The molecule has 158 valence electrons. The van der Waals surface area contributed by atoms with Crippen LogP contribution in [0.3, 0.4) is 0 Å². The van der Waals surface area contributed by atoms with E-state index < -0.39 is 12.2 Å². The molecule has 0 amide bonds. The number of ether oxygens (including phenoxy) is 1. The van der Waals surface area contributed by atoms with Crippen LogP contribution in [0.2, 0.25) is 0 Å². The second-order valence-corrected chi connectivity index (χ2v) is 7.15. The number of nitrogens with two attached hydrogens (primary N) is 2. The van der Waals surface area contributed by atoms with E-state index in [1.165, 1.54) is 42.3 Å². The first-order chi connectivity index (χ1) is 14.4. The molecular weight excluding hydrogens is 415 g/mol. The highest BCUT2D eigenvalue weighted by molar-refractivity contribution is 7.97. The zero-order valence-electron chi connectivity index (χ0n) is 16.1. The van der Waals surface area contributed by atoms with Gasteiger partial charge in [0, 0.05) is 17.0 Å². The molecule has 0 radical (unpaired) electrons. The maximum Gasteiger partial charge on any atom is 0.280 e. The topological polar surface area (TPSA) is 99.9 Å². The summed E-state index contributed by atoms with van der Waals surface area (Å²) in [5, 5.41) is 5.43. The van der Waals surface area contributed by atoms with Gasteiger partial charge in [0.2, 0.25) is 11.8 Å². The maximum absolute atomic E-state index is 13.4. The molecule has 2 aromatic heterocycles. The molecule has 3 rings (SSSR count). The van der Waals surface area contributed by atoms with Crippen molar-refractivity contribution in [3.8, 4) is 28.3 Å². The quantitative estimate of drug-likeness (QED) is 0.395. The van der Waals surface area contributed by atoms with Crippen molar-refractivity contribution in [2.75, 3.05) is 18.1 Å². The average Bonchev–Trinajstić information content (AvgIpc) is 2.71. The van der Waals surface area contributed by atoms with Gasteiger partial charge in [0.1, 0.15) is 11.5 Å². The molecule has 30 heavy (non-hydrogen) atoms. The number of hydrogen-bond acceptors (Lipinski definition) is 7. The molecule has 0 saturated carbocycles. The minimum atomic E-state index is -2.75.